The van der Waals surface area contributed by atoms with E-state index in [-0.39, 0.29) is 17.4 Å². The Balaban J connectivity index is 2.50. The van der Waals surface area contributed by atoms with Crippen LogP contribution < -0.4 is 10.6 Å². The number of anilines is 1. The molecule has 1 amide bonds. The fraction of sp³-hybridized carbons (Fsp3) is 0.611. The van der Waals surface area contributed by atoms with Crippen molar-refractivity contribution in [3.05, 3.63) is 29.8 Å². The van der Waals surface area contributed by atoms with E-state index in [1.54, 1.807) is 0 Å². The third kappa shape index (κ3) is 6.19. The molecule has 2 N–H and O–H groups in total. The number of carbonyl (C=O) groups is 1. The van der Waals surface area contributed by atoms with Crippen molar-refractivity contribution in [1.82, 2.24) is 5.32 Å². The zero-order valence-corrected chi connectivity index (χ0v) is 14.3. The van der Waals surface area contributed by atoms with E-state index in [4.69, 9.17) is 0 Å². The topological polar surface area (TPSA) is 41.1 Å². The van der Waals surface area contributed by atoms with Crippen molar-refractivity contribution in [2.75, 3.05) is 11.9 Å². The molecule has 0 bridgehead atoms. The van der Waals surface area contributed by atoms with Gasteiger partial charge < -0.3 is 10.6 Å². The first-order valence-corrected chi connectivity index (χ1v) is 7.85. The average Bonchev–Trinajstić information content (AvgIpc) is 2.37. The van der Waals surface area contributed by atoms with Gasteiger partial charge in [-0.2, -0.15) is 0 Å². The number of carbonyl (C=O) groups excluding carboxylic acids is 1. The van der Waals surface area contributed by atoms with E-state index in [9.17, 15) is 4.79 Å². The van der Waals surface area contributed by atoms with Crippen LogP contribution in [-0.4, -0.2) is 18.5 Å². The van der Waals surface area contributed by atoms with Crippen LogP contribution in [0.3, 0.4) is 0 Å². The Morgan fingerprint density at radius 1 is 1.10 bits per heavy atom. The van der Waals surface area contributed by atoms with Crippen LogP contribution in [0.1, 0.15) is 53.5 Å². The van der Waals surface area contributed by atoms with Crippen LogP contribution in [0.15, 0.2) is 24.3 Å². The van der Waals surface area contributed by atoms with Gasteiger partial charge in [-0.05, 0) is 42.4 Å². The van der Waals surface area contributed by atoms with Gasteiger partial charge in [-0.1, -0.05) is 46.8 Å². The molecule has 0 spiro atoms. The van der Waals surface area contributed by atoms with Crippen molar-refractivity contribution in [2.24, 2.45) is 5.92 Å². The Hall–Kier alpha value is -1.51. The van der Waals surface area contributed by atoms with Crippen molar-refractivity contribution >= 4 is 11.6 Å². The molecule has 1 atom stereocenters. The Labute approximate surface area is 129 Å². The highest BCUT2D eigenvalue weighted by Gasteiger charge is 2.15. The Bertz CT molecular complexity index is 443. The molecule has 0 saturated carbocycles. The van der Waals surface area contributed by atoms with Crippen molar-refractivity contribution in [3.8, 4) is 0 Å². The minimum atomic E-state index is -0.224. The second kappa shape index (κ2) is 7.48. The van der Waals surface area contributed by atoms with Gasteiger partial charge >= 0.3 is 0 Å². The van der Waals surface area contributed by atoms with Gasteiger partial charge in [-0.25, -0.2) is 0 Å². The minimum absolute atomic E-state index is 0.0514. The third-order valence-corrected chi connectivity index (χ3v) is 3.55. The van der Waals surface area contributed by atoms with Gasteiger partial charge in [0.25, 0.3) is 0 Å². The Morgan fingerprint density at radius 3 is 2.14 bits per heavy atom. The maximum absolute atomic E-state index is 12.0. The van der Waals surface area contributed by atoms with E-state index >= 15 is 0 Å². The summed E-state index contributed by atoms with van der Waals surface area (Å²) in [6.07, 6.45) is 1.01. The van der Waals surface area contributed by atoms with Crippen molar-refractivity contribution in [2.45, 2.75) is 59.4 Å². The molecule has 0 aliphatic carbocycles. The normalized spacial score (nSPS) is 13.1. The van der Waals surface area contributed by atoms with E-state index in [1.807, 2.05) is 19.1 Å². The molecule has 0 aromatic heterocycles. The molecule has 0 saturated heterocycles. The summed E-state index contributed by atoms with van der Waals surface area (Å²) < 4.78 is 0. The second-order valence-corrected chi connectivity index (χ2v) is 7.17. The van der Waals surface area contributed by atoms with Crippen molar-refractivity contribution in [3.63, 3.8) is 0 Å². The quantitative estimate of drug-likeness (QED) is 0.833. The van der Waals surface area contributed by atoms with Gasteiger partial charge in [0.15, 0.2) is 0 Å². The molecule has 0 fully saturated rings. The van der Waals surface area contributed by atoms with Crippen LogP contribution >= 0.6 is 0 Å². The summed E-state index contributed by atoms with van der Waals surface area (Å²) in [6.45, 7) is 13.5. The first-order valence-electron chi connectivity index (χ1n) is 7.85. The molecule has 21 heavy (non-hydrogen) atoms. The number of hydrogen-bond acceptors (Lipinski definition) is 2. The molecule has 1 aromatic rings. The summed E-state index contributed by atoms with van der Waals surface area (Å²) in [7, 11) is 0. The minimum Gasteiger partial charge on any atom is -0.374 e. The highest BCUT2D eigenvalue weighted by Crippen LogP contribution is 2.23. The smallest absolute Gasteiger partial charge is 0.242 e. The summed E-state index contributed by atoms with van der Waals surface area (Å²) in [5.41, 5.74) is 2.43. The molecule has 0 aliphatic heterocycles. The van der Waals surface area contributed by atoms with Gasteiger partial charge in [-0.15, -0.1) is 0 Å². The maximum Gasteiger partial charge on any atom is 0.242 e. The number of nitrogens with one attached hydrogen (secondary N) is 2. The molecule has 3 nitrogen and oxygen atoms in total. The van der Waals surface area contributed by atoms with Crippen molar-refractivity contribution in [1.29, 1.82) is 0 Å². The summed E-state index contributed by atoms with van der Waals surface area (Å²) in [5.74, 6) is 0.661. The maximum atomic E-state index is 12.0. The summed E-state index contributed by atoms with van der Waals surface area (Å²) >= 11 is 0. The molecule has 1 rings (SSSR count). The van der Waals surface area contributed by atoms with Crippen molar-refractivity contribution < 1.29 is 4.79 Å². The number of hydrogen-bond donors (Lipinski definition) is 2. The lowest BCUT2D eigenvalue weighted by molar-refractivity contribution is -0.121. The van der Waals surface area contributed by atoms with Gasteiger partial charge in [0.2, 0.25) is 5.91 Å². The van der Waals surface area contributed by atoms with E-state index < -0.39 is 0 Å². The Morgan fingerprint density at radius 2 is 1.67 bits per heavy atom. The fourth-order valence-electron chi connectivity index (χ4n) is 2.02. The van der Waals surface area contributed by atoms with Gasteiger partial charge in [0.1, 0.15) is 6.04 Å². The molecule has 0 radical (unpaired) electrons. The predicted molar refractivity (Wildman–Crippen MR) is 90.7 cm³/mol. The van der Waals surface area contributed by atoms with Gasteiger partial charge in [0.05, 0.1) is 0 Å². The second-order valence-electron chi connectivity index (χ2n) is 7.17. The predicted octanol–water partition coefficient (Wildman–Crippen LogP) is 3.95. The molecule has 1 unspecified atom stereocenters. The monoisotopic (exact) mass is 290 g/mol. The highest BCUT2D eigenvalue weighted by atomic mass is 16.2. The van der Waals surface area contributed by atoms with Gasteiger partial charge in [-0.3, -0.25) is 4.79 Å². The lowest BCUT2D eigenvalue weighted by atomic mass is 9.87. The lowest BCUT2D eigenvalue weighted by Crippen LogP contribution is -2.38. The molecule has 1 aromatic carbocycles. The zero-order valence-electron chi connectivity index (χ0n) is 14.3. The molecular formula is C18H30N2O. The van der Waals surface area contributed by atoms with E-state index in [1.165, 1.54) is 5.56 Å². The number of benzene rings is 1. The standard InChI is InChI=1S/C18H30N2O/c1-13(2)11-12-19-17(21)14(3)20-16-9-7-15(8-10-16)18(4,5)6/h7-10,13-14,20H,11-12H2,1-6H3,(H,19,21). The molecule has 3 heteroatoms. The summed E-state index contributed by atoms with van der Waals surface area (Å²) in [4.78, 5) is 12.0. The first-order chi connectivity index (χ1) is 9.70. The largest absolute Gasteiger partial charge is 0.374 e. The van der Waals surface area contributed by atoms with E-state index in [2.05, 4.69) is 57.4 Å². The molecule has 0 heterocycles. The summed E-state index contributed by atoms with van der Waals surface area (Å²) in [6, 6.07) is 8.09. The van der Waals surface area contributed by atoms with Crippen LogP contribution in [0.2, 0.25) is 0 Å². The van der Waals surface area contributed by atoms with E-state index in [0.29, 0.717) is 5.92 Å². The summed E-state index contributed by atoms with van der Waals surface area (Å²) in [5, 5.41) is 6.21. The zero-order chi connectivity index (χ0) is 16.0. The first kappa shape index (κ1) is 17.5. The van der Waals surface area contributed by atoms with Crippen LogP contribution in [0.25, 0.3) is 0 Å². The average molecular weight is 290 g/mol. The molecule has 0 aliphatic rings. The fourth-order valence-corrected chi connectivity index (χ4v) is 2.02. The number of rotatable bonds is 6. The third-order valence-electron chi connectivity index (χ3n) is 3.55. The Kier molecular flexibility index (Phi) is 6.25. The number of amides is 1. The van der Waals surface area contributed by atoms with E-state index in [0.717, 1.165) is 18.7 Å². The molecule has 118 valence electrons. The van der Waals surface area contributed by atoms with Crippen LogP contribution in [0.4, 0.5) is 5.69 Å². The van der Waals surface area contributed by atoms with Crippen LogP contribution in [0.5, 0.6) is 0 Å². The van der Waals surface area contributed by atoms with Crippen LogP contribution in [-0.2, 0) is 10.2 Å². The SMILES string of the molecule is CC(C)CCNC(=O)C(C)Nc1ccc(C(C)(C)C)cc1. The van der Waals surface area contributed by atoms with Crippen LogP contribution in [0, 0.1) is 5.92 Å². The lowest BCUT2D eigenvalue weighted by Gasteiger charge is -2.20. The van der Waals surface area contributed by atoms with Gasteiger partial charge in [0, 0.05) is 12.2 Å². The highest BCUT2D eigenvalue weighted by molar-refractivity contribution is 5.84. The molecular weight excluding hydrogens is 260 g/mol.